The molecule has 1 N–H and O–H groups in total. The van der Waals surface area contributed by atoms with E-state index in [1.807, 2.05) is 0 Å². The van der Waals surface area contributed by atoms with Gasteiger partial charge in [-0.05, 0) is 18.2 Å². The highest BCUT2D eigenvalue weighted by Crippen LogP contribution is 2.14. The Bertz CT molecular complexity index is 349. The molecular formula is C9H8BrNO2. The van der Waals surface area contributed by atoms with Crippen LogP contribution in [0.2, 0.25) is 0 Å². The minimum atomic E-state index is -0.204. The van der Waals surface area contributed by atoms with Gasteiger partial charge in [-0.2, -0.15) is 0 Å². The summed E-state index contributed by atoms with van der Waals surface area (Å²) in [6, 6.07) is 4.85. The van der Waals surface area contributed by atoms with E-state index in [9.17, 15) is 9.59 Å². The van der Waals surface area contributed by atoms with Crippen molar-refractivity contribution in [3.05, 3.63) is 33.8 Å². The average Bonchev–Trinajstić information content (AvgIpc) is 2.15. The first-order chi connectivity index (χ1) is 6.17. The lowest BCUT2D eigenvalue weighted by Crippen LogP contribution is -2.17. The molecule has 3 nitrogen and oxygen atoms in total. The highest BCUT2D eigenvalue weighted by atomic mass is 79.9. The molecule has 0 saturated heterocycles. The molecule has 1 rings (SSSR count). The van der Waals surface area contributed by atoms with Crippen LogP contribution in [0, 0.1) is 0 Å². The molecule has 0 unspecified atom stereocenters. The second kappa shape index (κ2) is 4.18. The number of carbonyl (C=O) groups excluding carboxylic acids is 2. The molecule has 0 aliphatic rings. The maximum absolute atomic E-state index is 11.2. The molecule has 0 atom stereocenters. The van der Waals surface area contributed by atoms with Crippen LogP contribution in [-0.4, -0.2) is 19.2 Å². The molecule has 0 heterocycles. The molecule has 0 aliphatic heterocycles. The number of amides is 1. The Morgan fingerprint density at radius 2 is 2.15 bits per heavy atom. The minimum absolute atomic E-state index is 0.204. The number of aldehydes is 1. The van der Waals surface area contributed by atoms with Crippen molar-refractivity contribution in [3.8, 4) is 0 Å². The molecular weight excluding hydrogens is 234 g/mol. The first-order valence-electron chi connectivity index (χ1n) is 3.65. The highest BCUT2D eigenvalue weighted by Gasteiger charge is 2.05. The largest absolute Gasteiger partial charge is 0.355 e. The van der Waals surface area contributed by atoms with Crippen molar-refractivity contribution >= 4 is 28.1 Å². The van der Waals surface area contributed by atoms with E-state index in [2.05, 4.69) is 21.2 Å². The topological polar surface area (TPSA) is 46.2 Å². The predicted octanol–water partition coefficient (Wildman–Crippen LogP) is 1.62. The summed E-state index contributed by atoms with van der Waals surface area (Å²) in [5.41, 5.74) is 0.951. The van der Waals surface area contributed by atoms with Crippen LogP contribution in [-0.2, 0) is 0 Å². The van der Waals surface area contributed by atoms with E-state index >= 15 is 0 Å². The quantitative estimate of drug-likeness (QED) is 0.801. The van der Waals surface area contributed by atoms with E-state index in [0.717, 1.165) is 4.47 Å². The van der Waals surface area contributed by atoms with Crippen molar-refractivity contribution in [3.63, 3.8) is 0 Å². The Balaban J connectivity index is 3.15. The summed E-state index contributed by atoms with van der Waals surface area (Å²) in [6.07, 6.45) is 0.706. The van der Waals surface area contributed by atoms with Crippen LogP contribution in [0.5, 0.6) is 0 Å². The van der Waals surface area contributed by atoms with Gasteiger partial charge in [0.2, 0.25) is 0 Å². The maximum Gasteiger partial charge on any atom is 0.251 e. The van der Waals surface area contributed by atoms with Crippen LogP contribution in [0.15, 0.2) is 22.7 Å². The van der Waals surface area contributed by atoms with E-state index in [0.29, 0.717) is 17.4 Å². The van der Waals surface area contributed by atoms with Crippen LogP contribution in [0.1, 0.15) is 20.7 Å². The lowest BCUT2D eigenvalue weighted by Gasteiger charge is -2.01. The molecule has 13 heavy (non-hydrogen) atoms. The van der Waals surface area contributed by atoms with Gasteiger partial charge in [-0.1, -0.05) is 15.9 Å². The molecule has 0 radical (unpaired) electrons. The molecule has 0 aliphatic carbocycles. The summed E-state index contributed by atoms with van der Waals surface area (Å²) >= 11 is 3.21. The van der Waals surface area contributed by atoms with Gasteiger partial charge in [0.05, 0.1) is 0 Å². The number of hydrogen-bond donors (Lipinski definition) is 1. The van der Waals surface area contributed by atoms with Gasteiger partial charge < -0.3 is 5.32 Å². The van der Waals surface area contributed by atoms with Gasteiger partial charge in [0.1, 0.15) is 6.29 Å². The highest BCUT2D eigenvalue weighted by molar-refractivity contribution is 9.10. The third-order valence-electron chi connectivity index (χ3n) is 1.55. The first-order valence-corrected chi connectivity index (χ1v) is 4.44. The second-order valence-corrected chi connectivity index (χ2v) is 3.39. The summed E-state index contributed by atoms with van der Waals surface area (Å²) in [5.74, 6) is -0.204. The molecule has 0 bridgehead atoms. The fourth-order valence-electron chi connectivity index (χ4n) is 0.956. The van der Waals surface area contributed by atoms with Gasteiger partial charge in [-0.15, -0.1) is 0 Å². The first kappa shape index (κ1) is 9.92. The fourth-order valence-corrected chi connectivity index (χ4v) is 1.47. The standard InChI is InChI=1S/C9H8BrNO2/c1-11-9(13)7-2-6(5-12)3-8(10)4-7/h2-5H,1H3,(H,11,13). The van der Waals surface area contributed by atoms with E-state index in [1.54, 1.807) is 19.2 Å². The van der Waals surface area contributed by atoms with Crippen LogP contribution >= 0.6 is 15.9 Å². The maximum atomic E-state index is 11.2. The third kappa shape index (κ3) is 2.39. The molecule has 0 fully saturated rings. The van der Waals surface area contributed by atoms with Gasteiger partial charge in [0.25, 0.3) is 5.91 Å². The Labute approximate surface area is 84.3 Å². The van der Waals surface area contributed by atoms with Crippen molar-refractivity contribution in [2.75, 3.05) is 7.05 Å². The molecule has 0 aromatic heterocycles. The molecule has 4 heteroatoms. The van der Waals surface area contributed by atoms with E-state index < -0.39 is 0 Å². The van der Waals surface area contributed by atoms with Crippen LogP contribution in [0.25, 0.3) is 0 Å². The molecule has 1 aromatic rings. The van der Waals surface area contributed by atoms with Crippen LogP contribution < -0.4 is 5.32 Å². The fraction of sp³-hybridized carbons (Fsp3) is 0.111. The van der Waals surface area contributed by atoms with Gasteiger partial charge in [-0.3, -0.25) is 9.59 Å². The van der Waals surface area contributed by atoms with Crippen molar-refractivity contribution in [2.24, 2.45) is 0 Å². The van der Waals surface area contributed by atoms with Crippen molar-refractivity contribution in [1.29, 1.82) is 0 Å². The van der Waals surface area contributed by atoms with Crippen molar-refractivity contribution in [2.45, 2.75) is 0 Å². The van der Waals surface area contributed by atoms with Crippen molar-refractivity contribution < 1.29 is 9.59 Å². The smallest absolute Gasteiger partial charge is 0.251 e. The van der Waals surface area contributed by atoms with Gasteiger partial charge in [0, 0.05) is 22.6 Å². The summed E-state index contributed by atoms with van der Waals surface area (Å²) in [7, 11) is 1.55. The van der Waals surface area contributed by atoms with Gasteiger partial charge in [0.15, 0.2) is 0 Å². The third-order valence-corrected chi connectivity index (χ3v) is 2.00. The Hall–Kier alpha value is -1.16. The SMILES string of the molecule is CNC(=O)c1cc(Br)cc(C=O)c1. The van der Waals surface area contributed by atoms with Gasteiger partial charge >= 0.3 is 0 Å². The Morgan fingerprint density at radius 3 is 2.69 bits per heavy atom. The number of rotatable bonds is 2. The summed E-state index contributed by atoms with van der Waals surface area (Å²) in [6.45, 7) is 0. The molecule has 1 aromatic carbocycles. The van der Waals surface area contributed by atoms with E-state index in [4.69, 9.17) is 0 Å². The van der Waals surface area contributed by atoms with E-state index in [-0.39, 0.29) is 5.91 Å². The summed E-state index contributed by atoms with van der Waals surface area (Å²) in [4.78, 5) is 21.7. The number of nitrogens with one attached hydrogen (secondary N) is 1. The molecule has 0 spiro atoms. The number of hydrogen-bond acceptors (Lipinski definition) is 2. The lowest BCUT2D eigenvalue weighted by molar-refractivity contribution is 0.0963. The predicted molar refractivity (Wildman–Crippen MR) is 52.9 cm³/mol. The van der Waals surface area contributed by atoms with Crippen molar-refractivity contribution in [1.82, 2.24) is 5.32 Å². The molecule has 0 saturated carbocycles. The van der Waals surface area contributed by atoms with Crippen LogP contribution in [0.3, 0.4) is 0 Å². The lowest BCUT2D eigenvalue weighted by atomic mass is 10.1. The monoisotopic (exact) mass is 241 g/mol. The summed E-state index contributed by atoms with van der Waals surface area (Å²) < 4.78 is 0.718. The normalized spacial score (nSPS) is 9.38. The second-order valence-electron chi connectivity index (χ2n) is 2.47. The minimum Gasteiger partial charge on any atom is -0.355 e. The average molecular weight is 242 g/mol. The van der Waals surface area contributed by atoms with E-state index in [1.165, 1.54) is 6.07 Å². The number of halogens is 1. The molecule has 68 valence electrons. The molecule has 1 amide bonds. The van der Waals surface area contributed by atoms with Gasteiger partial charge in [-0.25, -0.2) is 0 Å². The Morgan fingerprint density at radius 1 is 1.46 bits per heavy atom. The zero-order valence-electron chi connectivity index (χ0n) is 7.00. The zero-order chi connectivity index (χ0) is 9.84. The Kier molecular flexibility index (Phi) is 3.19. The van der Waals surface area contributed by atoms with Crippen LogP contribution in [0.4, 0.5) is 0 Å². The number of carbonyl (C=O) groups is 2. The number of benzene rings is 1. The zero-order valence-corrected chi connectivity index (χ0v) is 8.59. The summed E-state index contributed by atoms with van der Waals surface area (Å²) in [5, 5.41) is 2.48.